The molecule has 0 aliphatic carbocycles. The van der Waals surface area contributed by atoms with Crippen LogP contribution in [0.25, 0.3) is 0 Å². The van der Waals surface area contributed by atoms with E-state index in [0.29, 0.717) is 17.1 Å². The summed E-state index contributed by atoms with van der Waals surface area (Å²) in [4.78, 5) is 14.6. The van der Waals surface area contributed by atoms with Crippen molar-refractivity contribution >= 4 is 39.1 Å². The maximum Gasteiger partial charge on any atom is 0.258 e. The summed E-state index contributed by atoms with van der Waals surface area (Å²) in [7, 11) is 0. The number of carbonyl (C=O) groups excluding carboxylic acids is 1. The number of amides is 1. The van der Waals surface area contributed by atoms with E-state index in [4.69, 9.17) is 11.6 Å². The molecule has 0 fully saturated rings. The monoisotopic (exact) mass is 364 g/mol. The molecule has 0 unspecified atom stereocenters. The molecular weight excluding hydrogens is 352 g/mol. The first-order valence-corrected chi connectivity index (χ1v) is 7.89. The Labute approximate surface area is 137 Å². The van der Waals surface area contributed by atoms with Crippen molar-refractivity contribution in [3.63, 3.8) is 0 Å². The molecule has 2 aromatic rings. The summed E-state index contributed by atoms with van der Waals surface area (Å²) in [6.45, 7) is 2.20. The second-order valence-corrected chi connectivity index (χ2v) is 6.15. The summed E-state index contributed by atoms with van der Waals surface area (Å²) >= 11 is 9.37. The Hall–Kier alpha value is -1.36. The molecule has 1 heterocycles. The van der Waals surface area contributed by atoms with Crippen molar-refractivity contribution in [3.05, 3.63) is 63.1 Å². The first-order valence-electron chi connectivity index (χ1n) is 6.72. The van der Waals surface area contributed by atoms with E-state index in [1.807, 2.05) is 29.2 Å². The zero-order valence-corrected chi connectivity index (χ0v) is 13.6. The number of para-hydroxylation sites is 1. The molecule has 3 nitrogen and oxygen atoms in total. The van der Waals surface area contributed by atoms with E-state index in [1.165, 1.54) is 0 Å². The lowest BCUT2D eigenvalue weighted by Crippen LogP contribution is -2.34. The van der Waals surface area contributed by atoms with Crippen LogP contribution >= 0.6 is 27.5 Å². The van der Waals surface area contributed by atoms with E-state index in [-0.39, 0.29) is 5.91 Å². The highest BCUT2D eigenvalue weighted by atomic mass is 79.9. The number of hydrogen-bond donors (Lipinski definition) is 1. The number of fused-ring (bicyclic) bond motifs is 1. The summed E-state index contributed by atoms with van der Waals surface area (Å²) in [6, 6.07) is 13.3. The van der Waals surface area contributed by atoms with Gasteiger partial charge in [0.1, 0.15) is 0 Å². The molecule has 1 aliphatic rings. The largest absolute Gasteiger partial charge is 0.311 e. The summed E-state index contributed by atoms with van der Waals surface area (Å²) in [5.74, 6) is -0.0106. The average Bonchev–Trinajstić information content (AvgIpc) is 2.71. The molecule has 1 aliphatic heterocycles. The number of rotatable bonds is 1. The maximum absolute atomic E-state index is 12.8. The first kappa shape index (κ1) is 14.6. The second-order valence-electron chi connectivity index (χ2n) is 4.89. The molecule has 0 radical (unpaired) electrons. The van der Waals surface area contributed by atoms with E-state index in [9.17, 15) is 4.79 Å². The van der Waals surface area contributed by atoms with E-state index < -0.39 is 0 Å². The zero-order chi connectivity index (χ0) is 14.8. The molecule has 5 heteroatoms. The Morgan fingerprint density at radius 3 is 2.86 bits per heavy atom. The van der Waals surface area contributed by atoms with Gasteiger partial charge in [0.2, 0.25) is 0 Å². The van der Waals surface area contributed by atoms with Crippen molar-refractivity contribution in [2.24, 2.45) is 0 Å². The minimum atomic E-state index is -0.0106. The molecule has 0 atom stereocenters. The topological polar surface area (TPSA) is 32.3 Å². The highest BCUT2D eigenvalue weighted by molar-refractivity contribution is 9.10. The number of anilines is 1. The minimum Gasteiger partial charge on any atom is -0.311 e. The Morgan fingerprint density at radius 2 is 2.05 bits per heavy atom. The third-order valence-corrected chi connectivity index (χ3v) is 4.74. The normalized spacial score (nSPS) is 14.5. The standard InChI is InChI=1S/C16H14BrClN2O/c17-13-9-11(5-6-14(13)18)16(21)20-8-7-19-10-12-3-1-2-4-15(12)20/h1-6,9,19H,7-8,10H2. The van der Waals surface area contributed by atoms with Gasteiger partial charge >= 0.3 is 0 Å². The summed E-state index contributed by atoms with van der Waals surface area (Å²) in [6.07, 6.45) is 0. The molecule has 0 spiro atoms. The van der Waals surface area contributed by atoms with Crippen LogP contribution in [0.3, 0.4) is 0 Å². The Bertz CT molecular complexity index is 690. The molecule has 0 bridgehead atoms. The maximum atomic E-state index is 12.8. The first-order chi connectivity index (χ1) is 10.2. The number of nitrogens with one attached hydrogen (secondary N) is 1. The van der Waals surface area contributed by atoms with Gasteiger partial charge in [0.25, 0.3) is 5.91 Å². The van der Waals surface area contributed by atoms with Gasteiger partial charge in [-0.25, -0.2) is 0 Å². The van der Waals surface area contributed by atoms with E-state index >= 15 is 0 Å². The Morgan fingerprint density at radius 1 is 1.24 bits per heavy atom. The van der Waals surface area contributed by atoms with Crippen molar-refractivity contribution < 1.29 is 4.79 Å². The van der Waals surface area contributed by atoms with Crippen LogP contribution in [0, 0.1) is 0 Å². The second kappa shape index (κ2) is 6.18. The third-order valence-electron chi connectivity index (χ3n) is 3.52. The molecule has 108 valence electrons. The molecule has 0 saturated carbocycles. The Kier molecular flexibility index (Phi) is 4.29. The fourth-order valence-electron chi connectivity index (χ4n) is 2.45. The number of nitrogens with zero attached hydrogens (tertiary/aromatic N) is 1. The van der Waals surface area contributed by atoms with E-state index in [0.717, 1.165) is 28.8 Å². The van der Waals surface area contributed by atoms with Crippen LogP contribution in [-0.4, -0.2) is 19.0 Å². The summed E-state index contributed by atoms with van der Waals surface area (Å²) in [5, 5.41) is 3.94. The molecule has 1 N–H and O–H groups in total. The summed E-state index contributed by atoms with van der Waals surface area (Å²) < 4.78 is 0.733. The van der Waals surface area contributed by atoms with Crippen molar-refractivity contribution in [2.75, 3.05) is 18.0 Å². The van der Waals surface area contributed by atoms with Gasteiger partial charge in [-0.15, -0.1) is 0 Å². The third kappa shape index (κ3) is 2.98. The molecule has 3 rings (SSSR count). The predicted molar refractivity (Wildman–Crippen MR) is 89.0 cm³/mol. The van der Waals surface area contributed by atoms with Crippen molar-refractivity contribution in [3.8, 4) is 0 Å². The smallest absolute Gasteiger partial charge is 0.258 e. The van der Waals surface area contributed by atoms with Crippen LogP contribution < -0.4 is 10.2 Å². The van der Waals surface area contributed by atoms with Crippen molar-refractivity contribution in [1.82, 2.24) is 5.32 Å². The van der Waals surface area contributed by atoms with Crippen molar-refractivity contribution in [1.29, 1.82) is 0 Å². The lowest BCUT2D eigenvalue weighted by atomic mass is 10.1. The number of benzene rings is 2. The number of halogens is 2. The van der Waals surface area contributed by atoms with E-state index in [1.54, 1.807) is 18.2 Å². The van der Waals surface area contributed by atoms with Gasteiger partial charge in [0.15, 0.2) is 0 Å². The van der Waals surface area contributed by atoms with E-state index in [2.05, 4.69) is 21.2 Å². The van der Waals surface area contributed by atoms with Gasteiger partial charge in [-0.2, -0.15) is 0 Å². The quantitative estimate of drug-likeness (QED) is 0.832. The summed E-state index contributed by atoms with van der Waals surface area (Å²) in [5.41, 5.74) is 2.73. The van der Waals surface area contributed by atoms with Crippen LogP contribution in [0.5, 0.6) is 0 Å². The van der Waals surface area contributed by atoms with Crippen LogP contribution in [0.1, 0.15) is 15.9 Å². The van der Waals surface area contributed by atoms with Crippen molar-refractivity contribution in [2.45, 2.75) is 6.54 Å². The lowest BCUT2D eigenvalue weighted by molar-refractivity contribution is 0.0987. The lowest BCUT2D eigenvalue weighted by Gasteiger charge is -2.22. The number of carbonyl (C=O) groups is 1. The molecule has 0 saturated heterocycles. The van der Waals surface area contributed by atoms with Crippen LogP contribution in [-0.2, 0) is 6.54 Å². The molecule has 0 aromatic heterocycles. The van der Waals surface area contributed by atoms with Gasteiger partial charge in [-0.3, -0.25) is 4.79 Å². The predicted octanol–water partition coefficient (Wildman–Crippen LogP) is 3.85. The Balaban J connectivity index is 1.99. The van der Waals surface area contributed by atoms with Gasteiger partial charge in [0, 0.05) is 35.4 Å². The van der Waals surface area contributed by atoms with Gasteiger partial charge in [-0.1, -0.05) is 29.8 Å². The minimum absolute atomic E-state index is 0.0106. The molecule has 21 heavy (non-hydrogen) atoms. The fraction of sp³-hybridized carbons (Fsp3) is 0.188. The van der Waals surface area contributed by atoms with Gasteiger partial charge in [-0.05, 0) is 45.8 Å². The average molecular weight is 366 g/mol. The highest BCUT2D eigenvalue weighted by Gasteiger charge is 2.22. The molecular formula is C16H14BrClN2O. The van der Waals surface area contributed by atoms with Gasteiger partial charge in [0.05, 0.1) is 5.02 Å². The number of hydrogen-bond acceptors (Lipinski definition) is 2. The molecule has 2 aromatic carbocycles. The van der Waals surface area contributed by atoms with Gasteiger partial charge < -0.3 is 10.2 Å². The highest BCUT2D eigenvalue weighted by Crippen LogP contribution is 2.27. The SMILES string of the molecule is O=C(c1ccc(Cl)c(Br)c1)N1CCNCc2ccccc21. The fourth-order valence-corrected chi connectivity index (χ4v) is 2.95. The van der Waals surface area contributed by atoms with Crippen LogP contribution in [0.4, 0.5) is 5.69 Å². The van der Waals surface area contributed by atoms with Crippen LogP contribution in [0.15, 0.2) is 46.9 Å². The zero-order valence-electron chi connectivity index (χ0n) is 11.3. The van der Waals surface area contributed by atoms with Crippen LogP contribution in [0.2, 0.25) is 5.02 Å². The molecule has 1 amide bonds.